The summed E-state index contributed by atoms with van der Waals surface area (Å²) in [6, 6.07) is 29.2. The zero-order chi connectivity index (χ0) is 40.3. The van der Waals surface area contributed by atoms with Crippen molar-refractivity contribution in [3.8, 4) is 22.5 Å². The van der Waals surface area contributed by atoms with E-state index < -0.39 is 30.0 Å². The lowest BCUT2D eigenvalue weighted by molar-refractivity contribution is 0.0496. The van der Waals surface area contributed by atoms with Gasteiger partial charge in [-0.3, -0.25) is 19.4 Å². The fourth-order valence-corrected chi connectivity index (χ4v) is 6.47. The number of hydrogen-bond acceptors (Lipinski definition) is 11. The molecule has 0 bridgehead atoms. The molecule has 292 valence electrons. The van der Waals surface area contributed by atoms with E-state index in [0.29, 0.717) is 47.5 Å². The molecule has 2 atom stereocenters. The molecule has 16 heteroatoms. The number of hydrogen-bond donors (Lipinski definition) is 4. The summed E-state index contributed by atoms with van der Waals surface area (Å²) in [5.41, 5.74) is 8.87. The number of nitrogens with one attached hydrogen (secondary N) is 3. The molecule has 57 heavy (non-hydrogen) atoms. The third-order valence-electron chi connectivity index (χ3n) is 9.18. The molecule has 8 rings (SSSR count). The van der Waals surface area contributed by atoms with E-state index in [0.717, 1.165) is 27.6 Å². The molecule has 6 aromatic rings. The van der Waals surface area contributed by atoms with E-state index in [4.69, 9.17) is 19.9 Å². The Bertz CT molecular complexity index is 2570. The van der Waals surface area contributed by atoms with Crippen LogP contribution in [0.15, 0.2) is 107 Å². The fraction of sp³-hybridized carbons (Fsp3) is 0.244. The molecular formula is C41H40N8O8. The second kappa shape index (κ2) is 16.0. The summed E-state index contributed by atoms with van der Waals surface area (Å²) >= 11 is 0. The number of nitrogens with zero attached hydrogens (tertiary/aromatic N) is 4. The molecule has 2 fully saturated rings. The molecule has 0 radical (unpaired) electrons. The van der Waals surface area contributed by atoms with Crippen LogP contribution in [0.5, 0.6) is 0 Å². The van der Waals surface area contributed by atoms with Crippen molar-refractivity contribution in [3.05, 3.63) is 118 Å². The summed E-state index contributed by atoms with van der Waals surface area (Å²) in [5, 5.41) is 18.7. The summed E-state index contributed by atoms with van der Waals surface area (Å²) < 4.78 is 15.7. The van der Waals surface area contributed by atoms with Gasteiger partial charge in [0, 0.05) is 39.8 Å². The topological polar surface area (TPSA) is 215 Å². The third kappa shape index (κ3) is 8.45. The van der Waals surface area contributed by atoms with Gasteiger partial charge in [-0.1, -0.05) is 60.7 Å². The molecule has 0 spiro atoms. The van der Waals surface area contributed by atoms with Gasteiger partial charge in [0.25, 0.3) is 11.1 Å². The zero-order valence-corrected chi connectivity index (χ0v) is 31.4. The smallest absolute Gasteiger partial charge is 0.414 e. The lowest BCUT2D eigenvalue weighted by Gasteiger charge is -2.20. The lowest BCUT2D eigenvalue weighted by Crippen LogP contribution is -2.38. The van der Waals surface area contributed by atoms with Crippen molar-refractivity contribution in [2.45, 2.75) is 38.6 Å². The van der Waals surface area contributed by atoms with E-state index in [1.54, 1.807) is 56.0 Å². The minimum absolute atomic E-state index is 0.155. The van der Waals surface area contributed by atoms with Crippen molar-refractivity contribution >= 4 is 51.2 Å². The number of anilines is 2. The number of carbonyl (C=O) groups excluding carboxylic acids is 3. The van der Waals surface area contributed by atoms with Gasteiger partial charge in [0.1, 0.15) is 17.8 Å². The van der Waals surface area contributed by atoms with E-state index in [2.05, 4.69) is 25.7 Å². The summed E-state index contributed by atoms with van der Waals surface area (Å²) in [5.74, 6) is 0. The van der Waals surface area contributed by atoms with E-state index in [9.17, 15) is 24.0 Å². The van der Waals surface area contributed by atoms with E-state index >= 15 is 0 Å². The number of alkyl carbamates (subject to hydrolysis) is 1. The van der Waals surface area contributed by atoms with Crippen LogP contribution < -0.4 is 32.0 Å². The quantitative estimate of drug-likeness (QED) is 0.153. The SMILES string of the molecule is CC(C)(C)OC(=O)NCC1CN(c2ccc(-c3n[nH]c(=O)c4ccccc34)cc2)C(=O)O1.NCC1CN(c2ccc(-c3n[nH]c(=O)c4ccccc34)cc2)C(=O)O1. The average Bonchev–Trinajstić information content (AvgIpc) is 3.78. The molecule has 2 aromatic heterocycles. The zero-order valence-electron chi connectivity index (χ0n) is 31.4. The molecule has 0 saturated carbocycles. The van der Waals surface area contributed by atoms with Crippen LogP contribution in [0.4, 0.5) is 25.8 Å². The molecule has 3 amide bonds. The monoisotopic (exact) mass is 772 g/mol. The summed E-state index contributed by atoms with van der Waals surface area (Å²) in [6.45, 7) is 6.52. The average molecular weight is 773 g/mol. The van der Waals surface area contributed by atoms with Crippen LogP contribution in [0.25, 0.3) is 44.1 Å². The Morgan fingerprint density at radius 3 is 1.54 bits per heavy atom. The van der Waals surface area contributed by atoms with Crippen LogP contribution in [0, 0.1) is 0 Å². The van der Waals surface area contributed by atoms with Gasteiger partial charge in [-0.25, -0.2) is 24.6 Å². The van der Waals surface area contributed by atoms with Crippen molar-refractivity contribution in [1.82, 2.24) is 25.7 Å². The van der Waals surface area contributed by atoms with Crippen LogP contribution in [0.3, 0.4) is 0 Å². The van der Waals surface area contributed by atoms with Gasteiger partial charge in [0.2, 0.25) is 0 Å². The van der Waals surface area contributed by atoms with E-state index in [1.807, 2.05) is 66.7 Å². The first-order valence-corrected chi connectivity index (χ1v) is 18.2. The van der Waals surface area contributed by atoms with Crippen molar-refractivity contribution in [1.29, 1.82) is 0 Å². The number of aromatic nitrogens is 4. The molecule has 5 N–H and O–H groups in total. The predicted molar refractivity (Wildman–Crippen MR) is 214 cm³/mol. The van der Waals surface area contributed by atoms with Gasteiger partial charge >= 0.3 is 18.3 Å². The summed E-state index contributed by atoms with van der Waals surface area (Å²) in [7, 11) is 0. The number of cyclic esters (lactones) is 2. The molecular weight excluding hydrogens is 732 g/mol. The number of amides is 3. The van der Waals surface area contributed by atoms with Crippen LogP contribution in [0.2, 0.25) is 0 Å². The Morgan fingerprint density at radius 1 is 0.702 bits per heavy atom. The van der Waals surface area contributed by atoms with Gasteiger partial charge < -0.3 is 25.3 Å². The van der Waals surface area contributed by atoms with Crippen molar-refractivity contribution in [2.75, 3.05) is 36.0 Å². The van der Waals surface area contributed by atoms with Crippen molar-refractivity contribution in [3.63, 3.8) is 0 Å². The van der Waals surface area contributed by atoms with Gasteiger partial charge in [0.05, 0.1) is 41.8 Å². The molecule has 2 saturated heterocycles. The van der Waals surface area contributed by atoms with Gasteiger partial charge in [-0.2, -0.15) is 10.2 Å². The van der Waals surface area contributed by atoms with Crippen LogP contribution >= 0.6 is 0 Å². The van der Waals surface area contributed by atoms with E-state index in [-0.39, 0.29) is 23.8 Å². The van der Waals surface area contributed by atoms with Crippen LogP contribution in [0.1, 0.15) is 20.8 Å². The molecule has 2 unspecified atom stereocenters. The van der Waals surface area contributed by atoms with E-state index in [1.165, 1.54) is 4.90 Å². The van der Waals surface area contributed by atoms with Gasteiger partial charge in [-0.15, -0.1) is 0 Å². The molecule has 4 heterocycles. The number of ether oxygens (including phenoxy) is 3. The minimum atomic E-state index is -0.601. The molecule has 2 aliphatic rings. The molecule has 4 aromatic carbocycles. The van der Waals surface area contributed by atoms with Crippen LogP contribution in [-0.4, -0.2) is 82.7 Å². The highest BCUT2D eigenvalue weighted by molar-refractivity contribution is 5.96. The van der Waals surface area contributed by atoms with Gasteiger partial charge in [-0.05, 0) is 57.2 Å². The number of aromatic amines is 2. The second-order valence-electron chi connectivity index (χ2n) is 14.3. The fourth-order valence-electron chi connectivity index (χ4n) is 6.47. The molecule has 0 aliphatic carbocycles. The first-order valence-electron chi connectivity index (χ1n) is 18.2. The Balaban J connectivity index is 0.000000179. The Hall–Kier alpha value is -7.07. The standard InChI is InChI=1S/C23H24N4O5.C18H16N4O3/c1-23(2,3)32-21(29)24-12-16-13-27(22(30)31-16)15-10-8-14(9-11-15)19-17-6-4-5-7-18(17)20(28)26-25-19;19-9-13-10-22(18(24)25-13)12-7-5-11(6-8-12)16-14-3-1-2-4-15(14)17(23)21-20-16/h4-11,16H,12-13H2,1-3H3,(H,24,29)(H,26,28);1-8,13H,9-10,19H2,(H,21,23). The maximum atomic E-state index is 12.3. The first kappa shape index (κ1) is 38.2. The normalized spacial score (nSPS) is 16.6. The van der Waals surface area contributed by atoms with Gasteiger partial charge in [0.15, 0.2) is 0 Å². The maximum Gasteiger partial charge on any atom is 0.414 e. The number of benzene rings is 4. The first-order chi connectivity index (χ1) is 27.4. The minimum Gasteiger partial charge on any atom is -0.444 e. The largest absolute Gasteiger partial charge is 0.444 e. The summed E-state index contributed by atoms with van der Waals surface area (Å²) in [6.07, 6.45) is -2.20. The number of carbonyl (C=O) groups is 3. The van der Waals surface area contributed by atoms with Crippen molar-refractivity contribution < 1.29 is 28.6 Å². The summed E-state index contributed by atoms with van der Waals surface area (Å²) in [4.78, 5) is 63.0. The maximum absolute atomic E-state index is 12.3. The Morgan fingerprint density at radius 2 is 1.12 bits per heavy atom. The second-order valence-corrected chi connectivity index (χ2v) is 14.3. The van der Waals surface area contributed by atoms with Crippen LogP contribution in [-0.2, 0) is 14.2 Å². The number of H-pyrrole nitrogens is 2. The predicted octanol–water partition coefficient (Wildman–Crippen LogP) is 5.31. The Kier molecular flexibility index (Phi) is 10.7. The highest BCUT2D eigenvalue weighted by atomic mass is 16.6. The highest BCUT2D eigenvalue weighted by Crippen LogP contribution is 2.30. The van der Waals surface area contributed by atoms with Crippen molar-refractivity contribution in [2.24, 2.45) is 5.73 Å². The molecule has 16 nitrogen and oxygen atoms in total. The number of fused-ring (bicyclic) bond motifs is 2. The Labute approximate surface area is 325 Å². The third-order valence-corrected chi connectivity index (χ3v) is 9.18. The molecule has 2 aliphatic heterocycles. The number of nitrogens with two attached hydrogens (primary N) is 1. The lowest BCUT2D eigenvalue weighted by atomic mass is 10.0. The highest BCUT2D eigenvalue weighted by Gasteiger charge is 2.33. The number of rotatable bonds is 7.